The number of rotatable bonds is 2. The maximum absolute atomic E-state index is 10.7. The van der Waals surface area contributed by atoms with Gasteiger partial charge in [0.05, 0.1) is 4.90 Å². The van der Waals surface area contributed by atoms with Crippen LogP contribution in [0.4, 0.5) is 0 Å². The van der Waals surface area contributed by atoms with Crippen LogP contribution in [-0.4, -0.2) is 14.7 Å². The van der Waals surface area contributed by atoms with Crippen molar-refractivity contribution < 1.29 is 8.42 Å². The van der Waals surface area contributed by atoms with Gasteiger partial charge in [-0.3, -0.25) is 0 Å². The summed E-state index contributed by atoms with van der Waals surface area (Å²) in [6.45, 7) is 0. The van der Waals surface area contributed by atoms with Crippen LogP contribution in [0.25, 0.3) is 0 Å². The average molecular weight is 370 g/mol. The van der Waals surface area contributed by atoms with E-state index < -0.39 is 9.05 Å². The van der Waals surface area contributed by atoms with E-state index in [2.05, 4.69) is 0 Å². The van der Waals surface area contributed by atoms with Gasteiger partial charge in [0.1, 0.15) is 0 Å². The van der Waals surface area contributed by atoms with Crippen molar-refractivity contribution in [2.45, 2.75) is 9.79 Å². The zero-order valence-electron chi connectivity index (χ0n) is 10.4. The summed E-state index contributed by atoms with van der Waals surface area (Å²) in [7, 11) is 1.43. The predicted molar refractivity (Wildman–Crippen MR) is 87.7 cm³/mol. The van der Waals surface area contributed by atoms with E-state index in [1.54, 1.807) is 11.8 Å². The summed E-state index contributed by atoms with van der Waals surface area (Å²) < 4.78 is 21.3. The molecule has 2 aromatic carbocycles. The Morgan fingerprint density at radius 3 is 1.60 bits per heavy atom. The highest BCUT2D eigenvalue weighted by molar-refractivity contribution is 8.13. The van der Waals surface area contributed by atoms with Crippen LogP contribution in [0.1, 0.15) is 0 Å². The molecule has 0 atom stereocenters. The van der Waals surface area contributed by atoms with Gasteiger partial charge in [0.25, 0.3) is 9.05 Å². The smallest absolute Gasteiger partial charge is 0.207 e. The third-order valence-electron chi connectivity index (χ3n) is 2.14. The van der Waals surface area contributed by atoms with Crippen molar-refractivity contribution >= 4 is 54.7 Å². The lowest BCUT2D eigenvalue weighted by atomic mass is 10.4. The lowest BCUT2D eigenvalue weighted by Gasteiger charge is -1.93. The average Bonchev–Trinajstić information content (AvgIpc) is 2.40. The summed E-state index contributed by atoms with van der Waals surface area (Å²) in [6.07, 6.45) is 2.04. The summed E-state index contributed by atoms with van der Waals surface area (Å²) in [5.41, 5.74) is 0. The van der Waals surface area contributed by atoms with Gasteiger partial charge in [0.2, 0.25) is 0 Å². The van der Waals surface area contributed by atoms with E-state index >= 15 is 0 Å². The molecule has 2 rings (SSSR count). The molecule has 0 aliphatic heterocycles. The Hall–Kier alpha value is -0.390. The van der Waals surface area contributed by atoms with Crippen molar-refractivity contribution in [2.75, 3.05) is 6.26 Å². The first-order valence-electron chi connectivity index (χ1n) is 5.32. The molecule has 0 aliphatic rings. The fourth-order valence-corrected chi connectivity index (χ4v) is 2.60. The molecule has 0 saturated carbocycles. The lowest BCUT2D eigenvalue weighted by molar-refractivity contribution is 0.609. The molecule has 0 unspecified atom stereocenters. The van der Waals surface area contributed by atoms with Gasteiger partial charge in [-0.2, -0.15) is 0 Å². The number of benzene rings is 2. The Morgan fingerprint density at radius 2 is 1.25 bits per heavy atom. The summed E-state index contributed by atoms with van der Waals surface area (Å²) >= 11 is 12.9. The van der Waals surface area contributed by atoms with Crippen LogP contribution in [0.3, 0.4) is 0 Å². The third kappa shape index (κ3) is 6.37. The molecule has 0 fully saturated rings. The molecule has 2 aromatic rings. The highest BCUT2D eigenvalue weighted by Crippen LogP contribution is 2.17. The van der Waals surface area contributed by atoms with Gasteiger partial charge in [-0.25, -0.2) is 8.42 Å². The van der Waals surface area contributed by atoms with Crippen molar-refractivity contribution in [1.82, 2.24) is 0 Å². The minimum atomic E-state index is -3.61. The van der Waals surface area contributed by atoms with Crippen LogP contribution in [0, 0.1) is 0 Å². The van der Waals surface area contributed by atoms with Gasteiger partial charge in [0, 0.05) is 25.6 Å². The largest absolute Gasteiger partial charge is 0.261 e. The zero-order chi connectivity index (χ0) is 15.2. The van der Waals surface area contributed by atoms with Crippen LogP contribution in [0.2, 0.25) is 10.0 Å². The third-order valence-corrected chi connectivity index (χ3v) is 4.76. The summed E-state index contributed by atoms with van der Waals surface area (Å²) in [6, 6.07) is 13.4. The van der Waals surface area contributed by atoms with Crippen molar-refractivity contribution in [2.24, 2.45) is 0 Å². The van der Waals surface area contributed by atoms with Crippen molar-refractivity contribution in [3.05, 3.63) is 58.6 Å². The molecule has 0 aliphatic carbocycles. The van der Waals surface area contributed by atoms with Crippen LogP contribution in [0.15, 0.2) is 58.3 Å². The first-order valence-corrected chi connectivity index (χ1v) is 9.61. The molecule has 0 heterocycles. The van der Waals surface area contributed by atoms with Crippen molar-refractivity contribution in [3.63, 3.8) is 0 Å². The normalized spacial score (nSPS) is 10.6. The first-order chi connectivity index (χ1) is 9.32. The molecule has 2 nitrogen and oxygen atoms in total. The highest BCUT2D eigenvalue weighted by Gasteiger charge is 2.07. The minimum absolute atomic E-state index is 0.0589. The summed E-state index contributed by atoms with van der Waals surface area (Å²) in [4.78, 5) is 1.31. The second-order valence-electron chi connectivity index (χ2n) is 3.55. The molecule has 20 heavy (non-hydrogen) atoms. The van der Waals surface area contributed by atoms with E-state index in [-0.39, 0.29) is 4.90 Å². The van der Waals surface area contributed by atoms with Crippen LogP contribution in [0.5, 0.6) is 0 Å². The molecule has 0 bridgehead atoms. The van der Waals surface area contributed by atoms with Crippen LogP contribution in [-0.2, 0) is 9.05 Å². The molecule has 0 amide bonds. The quantitative estimate of drug-likeness (QED) is 0.530. The van der Waals surface area contributed by atoms with Gasteiger partial charge in [-0.05, 0) is 54.8 Å². The Balaban J connectivity index is 0.000000204. The van der Waals surface area contributed by atoms with Crippen LogP contribution >= 0.6 is 45.6 Å². The van der Waals surface area contributed by atoms with E-state index in [1.807, 2.05) is 30.5 Å². The van der Waals surface area contributed by atoms with Gasteiger partial charge in [0.15, 0.2) is 0 Å². The van der Waals surface area contributed by atoms with E-state index in [1.165, 1.54) is 29.2 Å². The molecule has 7 heteroatoms. The van der Waals surface area contributed by atoms with Gasteiger partial charge < -0.3 is 0 Å². The molecular formula is C13H11Cl3O2S2. The number of halogens is 3. The Morgan fingerprint density at radius 1 is 0.850 bits per heavy atom. The second-order valence-corrected chi connectivity index (χ2v) is 7.87. The molecule has 0 aromatic heterocycles. The molecule has 0 radical (unpaired) electrons. The van der Waals surface area contributed by atoms with Gasteiger partial charge in [-0.1, -0.05) is 23.2 Å². The summed E-state index contributed by atoms with van der Waals surface area (Å²) in [5, 5.41) is 1.28. The van der Waals surface area contributed by atoms with Crippen molar-refractivity contribution in [1.29, 1.82) is 0 Å². The Labute approximate surface area is 137 Å². The molecule has 108 valence electrons. The SMILES string of the molecule is CSc1ccc(Cl)cc1.O=S(=O)(Cl)c1ccc(Cl)cc1. The lowest BCUT2D eigenvalue weighted by Crippen LogP contribution is -1.88. The monoisotopic (exact) mass is 368 g/mol. The molecular weight excluding hydrogens is 359 g/mol. The maximum Gasteiger partial charge on any atom is 0.261 e. The second kappa shape index (κ2) is 8.15. The topological polar surface area (TPSA) is 34.1 Å². The number of hydrogen-bond donors (Lipinski definition) is 0. The van der Waals surface area contributed by atoms with Crippen molar-refractivity contribution in [3.8, 4) is 0 Å². The number of thioether (sulfide) groups is 1. The molecule has 0 saturated heterocycles. The van der Waals surface area contributed by atoms with E-state index in [9.17, 15) is 8.42 Å². The van der Waals surface area contributed by atoms with Crippen LogP contribution < -0.4 is 0 Å². The summed E-state index contributed by atoms with van der Waals surface area (Å²) in [5.74, 6) is 0. The zero-order valence-corrected chi connectivity index (χ0v) is 14.3. The Kier molecular flexibility index (Phi) is 7.20. The molecule has 0 N–H and O–H groups in total. The van der Waals surface area contributed by atoms with Gasteiger partial charge in [-0.15, -0.1) is 11.8 Å². The highest BCUT2D eigenvalue weighted by atomic mass is 35.7. The minimum Gasteiger partial charge on any atom is -0.207 e. The number of hydrogen-bond acceptors (Lipinski definition) is 3. The van der Waals surface area contributed by atoms with E-state index in [4.69, 9.17) is 33.9 Å². The van der Waals surface area contributed by atoms with E-state index in [0.29, 0.717) is 5.02 Å². The van der Waals surface area contributed by atoms with Gasteiger partial charge >= 0.3 is 0 Å². The predicted octanol–water partition coefficient (Wildman–Crippen LogP) is 5.33. The first kappa shape index (κ1) is 17.7. The standard InChI is InChI=1S/C7H7ClS.C6H4Cl2O2S/c1-9-7-4-2-6(8)3-5-7;7-5-1-3-6(4-2-5)11(8,9)10/h2-5H,1H3;1-4H. The fraction of sp³-hybridized carbons (Fsp3) is 0.0769. The molecule has 0 spiro atoms. The maximum atomic E-state index is 10.7. The fourth-order valence-electron chi connectivity index (χ4n) is 1.17. The Bertz CT molecular complexity index is 638. The van der Waals surface area contributed by atoms with E-state index in [0.717, 1.165) is 5.02 Å².